The first-order chi connectivity index (χ1) is 24.6. The third-order valence-electron chi connectivity index (χ3n) is 9.97. The van der Waals surface area contributed by atoms with Crippen molar-refractivity contribution in [3.05, 3.63) is 70.3 Å². The van der Waals surface area contributed by atoms with Gasteiger partial charge in [0.2, 0.25) is 0 Å². The fourth-order valence-electron chi connectivity index (χ4n) is 6.95. The molecule has 8 heteroatoms. The van der Waals surface area contributed by atoms with Crippen LogP contribution >= 0.6 is 11.3 Å². The smallest absolute Gasteiger partial charge is 0.307 e. The number of aromatic nitrogens is 1. The molecule has 1 aliphatic heterocycles. The molecule has 0 aliphatic carbocycles. The molecule has 0 bridgehead atoms. The number of esters is 1. The number of rotatable bonds is 23. The number of piperazine rings is 1. The van der Waals surface area contributed by atoms with E-state index in [4.69, 9.17) is 9.47 Å². The Morgan fingerprint density at radius 3 is 2.26 bits per heavy atom. The van der Waals surface area contributed by atoms with Crippen molar-refractivity contribution >= 4 is 44.0 Å². The van der Waals surface area contributed by atoms with E-state index in [1.54, 1.807) is 11.3 Å². The lowest BCUT2D eigenvalue weighted by Gasteiger charge is -2.36. The van der Waals surface area contributed by atoms with Crippen LogP contribution in [0.4, 0.5) is 5.69 Å². The monoisotopic (exact) mass is 699 g/mol. The number of carbonyl (C=O) groups excluding carboxylic acids is 1. The van der Waals surface area contributed by atoms with E-state index in [0.717, 1.165) is 70.2 Å². The van der Waals surface area contributed by atoms with Gasteiger partial charge in [0.15, 0.2) is 6.73 Å². The molecule has 2 aromatic carbocycles. The van der Waals surface area contributed by atoms with Crippen LogP contribution in [0.25, 0.3) is 21.0 Å². The number of anilines is 1. The molecule has 0 spiro atoms. The molecule has 0 unspecified atom stereocenters. The normalized spacial score (nSPS) is 13.6. The van der Waals surface area contributed by atoms with Crippen molar-refractivity contribution < 1.29 is 14.3 Å². The van der Waals surface area contributed by atoms with Crippen LogP contribution in [-0.4, -0.2) is 54.8 Å². The summed E-state index contributed by atoms with van der Waals surface area (Å²) in [6.45, 7) is 8.04. The minimum absolute atomic E-state index is 0.128. The van der Waals surface area contributed by atoms with E-state index in [1.165, 1.54) is 84.5 Å². The van der Waals surface area contributed by atoms with Gasteiger partial charge >= 0.3 is 11.5 Å². The number of unbranched alkanes of at least 4 members (excludes halogenated alkanes) is 13. The predicted octanol–water partition coefficient (Wildman–Crippen LogP) is 9.78. The summed E-state index contributed by atoms with van der Waals surface area (Å²) >= 11 is 1.81. The summed E-state index contributed by atoms with van der Waals surface area (Å²) in [6, 6.07) is 20.0. The van der Waals surface area contributed by atoms with Crippen LogP contribution in [0.2, 0.25) is 0 Å². The van der Waals surface area contributed by atoms with Crippen molar-refractivity contribution in [2.24, 2.45) is 0 Å². The maximum Gasteiger partial charge on any atom is 0.307 e. The lowest BCUT2D eigenvalue weighted by atomic mass is 10.0. The average Bonchev–Trinajstić information content (AvgIpc) is 3.63. The maximum absolute atomic E-state index is 12.7. The molecule has 7 nitrogen and oxygen atoms in total. The van der Waals surface area contributed by atoms with Crippen molar-refractivity contribution in [3.63, 3.8) is 0 Å². The van der Waals surface area contributed by atoms with E-state index in [0.29, 0.717) is 24.3 Å². The molecule has 1 saturated heterocycles. The molecular weight excluding hydrogens is 643 g/mol. The van der Waals surface area contributed by atoms with Crippen LogP contribution in [-0.2, 0) is 16.3 Å². The standard InChI is InChI=1S/C42H57N3O4S/c1-2-3-4-5-6-7-8-9-10-11-12-13-14-20-42(47)49-34-45-39-33-36(23-21-35(39)22-24-41(45)46)48-31-16-15-26-43-27-29-44(30-28-43)38-18-17-19-40-37(38)25-32-50-40/h17-19,21,23,25,32-33H,2-16,20,26-31,34H2,1H3. The zero-order valence-corrected chi connectivity index (χ0v) is 31.1. The number of carbonyl (C=O) groups is 1. The highest BCUT2D eigenvalue weighted by Gasteiger charge is 2.18. The van der Waals surface area contributed by atoms with E-state index >= 15 is 0 Å². The van der Waals surface area contributed by atoms with Gasteiger partial charge in [-0.2, -0.15) is 0 Å². The molecule has 2 aromatic heterocycles. The summed E-state index contributed by atoms with van der Waals surface area (Å²) in [5.74, 6) is 0.425. The first-order valence-corrected chi connectivity index (χ1v) is 20.2. The Labute approximate surface area is 303 Å². The highest BCUT2D eigenvalue weighted by molar-refractivity contribution is 7.17. The Kier molecular flexibility index (Phi) is 15.8. The van der Waals surface area contributed by atoms with Gasteiger partial charge in [0.25, 0.3) is 0 Å². The van der Waals surface area contributed by atoms with Gasteiger partial charge in [-0.05, 0) is 61.5 Å². The lowest BCUT2D eigenvalue weighted by Crippen LogP contribution is -2.46. The van der Waals surface area contributed by atoms with E-state index in [-0.39, 0.29) is 18.3 Å². The summed E-state index contributed by atoms with van der Waals surface area (Å²) in [7, 11) is 0. The van der Waals surface area contributed by atoms with Crippen molar-refractivity contribution in [1.82, 2.24) is 9.47 Å². The number of fused-ring (bicyclic) bond motifs is 2. The van der Waals surface area contributed by atoms with Gasteiger partial charge in [0.1, 0.15) is 5.75 Å². The fraction of sp³-hybridized carbons (Fsp3) is 0.571. The van der Waals surface area contributed by atoms with Crippen LogP contribution in [0.1, 0.15) is 110 Å². The first-order valence-electron chi connectivity index (χ1n) is 19.3. The Bertz CT molecular complexity index is 1640. The van der Waals surface area contributed by atoms with Gasteiger partial charge in [0.05, 0.1) is 12.1 Å². The van der Waals surface area contributed by atoms with Gasteiger partial charge in [-0.25, -0.2) is 0 Å². The Hall–Kier alpha value is -3.54. The second kappa shape index (κ2) is 21.0. The largest absolute Gasteiger partial charge is 0.494 e. The number of ether oxygens (including phenoxy) is 2. The van der Waals surface area contributed by atoms with Gasteiger partial charge in [-0.1, -0.05) is 96.1 Å². The minimum atomic E-state index is -0.365. The average molecular weight is 700 g/mol. The van der Waals surface area contributed by atoms with Gasteiger partial charge in [0, 0.05) is 65.9 Å². The van der Waals surface area contributed by atoms with E-state index < -0.39 is 0 Å². The fourth-order valence-corrected chi connectivity index (χ4v) is 7.75. The molecule has 0 N–H and O–H groups in total. The molecule has 5 rings (SSSR count). The predicted molar refractivity (Wildman–Crippen MR) is 207 cm³/mol. The van der Waals surface area contributed by atoms with Crippen molar-refractivity contribution in [1.29, 1.82) is 0 Å². The lowest BCUT2D eigenvalue weighted by molar-refractivity contribution is -0.147. The zero-order chi connectivity index (χ0) is 34.8. The van der Waals surface area contributed by atoms with E-state index in [2.05, 4.69) is 58.5 Å². The Morgan fingerprint density at radius 1 is 0.800 bits per heavy atom. The number of thiophene rings is 1. The molecule has 4 aromatic rings. The number of hydrogen-bond donors (Lipinski definition) is 0. The third kappa shape index (κ3) is 11.8. The van der Waals surface area contributed by atoms with E-state index in [9.17, 15) is 9.59 Å². The molecule has 1 aliphatic rings. The number of hydrogen-bond acceptors (Lipinski definition) is 7. The van der Waals surface area contributed by atoms with E-state index in [1.807, 2.05) is 18.2 Å². The number of nitrogens with zero attached hydrogens (tertiary/aromatic N) is 3. The summed E-state index contributed by atoms with van der Waals surface area (Å²) in [5.41, 5.74) is 1.63. The van der Waals surface area contributed by atoms with Crippen molar-refractivity contribution in [3.8, 4) is 5.75 Å². The second-order valence-electron chi connectivity index (χ2n) is 13.8. The highest BCUT2D eigenvalue weighted by atomic mass is 32.1. The number of benzene rings is 2. The Balaban J connectivity index is 0.951. The SMILES string of the molecule is CCCCCCCCCCCCCCCC(=O)OCn1c(=O)c#cc2ccc(OCCCCN3CCN(c4cccc5sccc45)CC3)cc21. The van der Waals surface area contributed by atoms with Crippen LogP contribution in [0.3, 0.4) is 0 Å². The molecule has 3 heterocycles. The summed E-state index contributed by atoms with van der Waals surface area (Å²) in [6.07, 6.45) is 18.8. The van der Waals surface area contributed by atoms with Crippen LogP contribution in [0.15, 0.2) is 52.6 Å². The van der Waals surface area contributed by atoms with Crippen molar-refractivity contribution in [2.45, 2.75) is 116 Å². The molecule has 0 saturated carbocycles. The van der Waals surface area contributed by atoms with Crippen LogP contribution in [0, 0.1) is 12.1 Å². The molecule has 0 radical (unpaired) electrons. The minimum Gasteiger partial charge on any atom is -0.494 e. The third-order valence-corrected chi connectivity index (χ3v) is 10.9. The van der Waals surface area contributed by atoms with Gasteiger partial charge in [-0.3, -0.25) is 19.1 Å². The highest BCUT2D eigenvalue weighted by Crippen LogP contribution is 2.31. The summed E-state index contributed by atoms with van der Waals surface area (Å²) < 4.78 is 14.4. The summed E-state index contributed by atoms with van der Waals surface area (Å²) in [5, 5.41) is 4.28. The second-order valence-corrected chi connectivity index (χ2v) is 14.7. The molecule has 50 heavy (non-hydrogen) atoms. The summed E-state index contributed by atoms with van der Waals surface area (Å²) in [4.78, 5) is 30.2. The molecular formula is C42H57N3O4S. The maximum atomic E-state index is 12.7. The van der Waals surface area contributed by atoms with Gasteiger partial charge < -0.3 is 14.4 Å². The molecule has 0 amide bonds. The zero-order valence-electron chi connectivity index (χ0n) is 30.3. The Morgan fingerprint density at radius 2 is 1.52 bits per heavy atom. The topological polar surface area (TPSA) is 64.0 Å². The first kappa shape index (κ1) is 37.7. The van der Waals surface area contributed by atoms with Gasteiger partial charge in [-0.15, -0.1) is 11.3 Å². The molecule has 1 fully saturated rings. The molecule has 270 valence electrons. The van der Waals surface area contributed by atoms with Crippen LogP contribution < -0.4 is 15.2 Å². The quantitative estimate of drug-likeness (QED) is 0.0568. The van der Waals surface area contributed by atoms with Crippen molar-refractivity contribution in [2.75, 3.05) is 44.2 Å². The van der Waals surface area contributed by atoms with Crippen LogP contribution in [0.5, 0.6) is 5.75 Å². The molecule has 0 atom stereocenters.